The van der Waals surface area contributed by atoms with E-state index in [1.54, 1.807) is 0 Å². The van der Waals surface area contributed by atoms with Crippen LogP contribution in [0.2, 0.25) is 0 Å². The van der Waals surface area contributed by atoms with E-state index in [4.69, 9.17) is 19.2 Å². The Kier molecular flexibility index (Phi) is 3.59. The molecule has 2 bridgehead atoms. The normalized spacial score (nSPS) is 51.6. The van der Waals surface area contributed by atoms with E-state index in [0.717, 1.165) is 19.3 Å². The van der Waals surface area contributed by atoms with Crippen molar-refractivity contribution in [3.8, 4) is 0 Å². The Bertz CT molecular complexity index is 649. The zero-order valence-electron chi connectivity index (χ0n) is 15.3. The van der Waals surface area contributed by atoms with Gasteiger partial charge in [-0.15, -0.1) is 0 Å². The molecule has 1 aromatic carbocycles. The lowest BCUT2D eigenvalue weighted by Gasteiger charge is -2.60. The quantitative estimate of drug-likeness (QED) is 0.697. The molecule has 1 aliphatic carbocycles. The summed E-state index contributed by atoms with van der Waals surface area (Å²) in [6.07, 6.45) is 4.02. The molecule has 0 aromatic heterocycles. The molecule has 136 valence electrons. The predicted molar refractivity (Wildman–Crippen MR) is 92.2 cm³/mol. The topological polar surface area (TPSA) is 36.9 Å². The fourth-order valence-corrected chi connectivity index (χ4v) is 5.93. The molecule has 1 aromatic rings. The van der Waals surface area contributed by atoms with E-state index >= 15 is 0 Å². The molecule has 0 radical (unpaired) electrons. The summed E-state index contributed by atoms with van der Waals surface area (Å²) in [6.45, 7) is 6.64. The summed E-state index contributed by atoms with van der Waals surface area (Å²) in [5, 5.41) is 0. The van der Waals surface area contributed by atoms with E-state index < -0.39 is 11.4 Å². The van der Waals surface area contributed by atoms with Crippen LogP contribution >= 0.6 is 0 Å². The first-order chi connectivity index (χ1) is 12.0. The van der Waals surface area contributed by atoms with Crippen molar-refractivity contribution in [2.45, 2.75) is 70.2 Å². The standard InChI is InChI=1S/C21H28O4/c1-13-9-10-17-14(2)18(15-7-5-4-6-8-15)22-19-21(17)16(13)11-12-20(3,23-19)24-25-21/h4-8,13-14,16-19H,9-12H2,1-3H3/t13-,14-,16+,17+,18+,19-,20-,21-/m1/s1. The average Bonchev–Trinajstić information content (AvgIpc) is 2.85. The molecule has 25 heavy (non-hydrogen) atoms. The maximum absolute atomic E-state index is 6.62. The van der Waals surface area contributed by atoms with E-state index in [9.17, 15) is 0 Å². The molecule has 0 unspecified atom stereocenters. The third kappa shape index (κ3) is 2.21. The summed E-state index contributed by atoms with van der Waals surface area (Å²) in [5.74, 6) is 1.10. The molecule has 8 atom stereocenters. The van der Waals surface area contributed by atoms with Crippen molar-refractivity contribution in [2.24, 2.45) is 23.7 Å². The Balaban J connectivity index is 1.59. The van der Waals surface area contributed by atoms with Gasteiger partial charge in [0.2, 0.25) is 5.79 Å². The number of benzene rings is 1. The average molecular weight is 344 g/mol. The molecule has 4 heteroatoms. The number of hydrogen-bond donors (Lipinski definition) is 0. The molecule has 1 saturated carbocycles. The van der Waals surface area contributed by atoms with Crippen molar-refractivity contribution in [2.75, 3.05) is 0 Å². The summed E-state index contributed by atoms with van der Waals surface area (Å²) in [7, 11) is 0. The highest BCUT2D eigenvalue weighted by Crippen LogP contribution is 2.62. The second-order valence-corrected chi connectivity index (χ2v) is 8.74. The monoisotopic (exact) mass is 344 g/mol. The minimum absolute atomic E-state index is 0.0439. The highest BCUT2D eigenvalue weighted by atomic mass is 17.3. The maximum atomic E-state index is 6.62. The highest BCUT2D eigenvalue weighted by Gasteiger charge is 2.69. The summed E-state index contributed by atoms with van der Waals surface area (Å²) in [5.41, 5.74) is 0.771. The van der Waals surface area contributed by atoms with Gasteiger partial charge in [0.05, 0.1) is 6.10 Å². The van der Waals surface area contributed by atoms with Crippen LogP contribution in [0.25, 0.3) is 0 Å². The maximum Gasteiger partial charge on any atom is 0.201 e. The van der Waals surface area contributed by atoms with Crippen molar-refractivity contribution in [3.05, 3.63) is 35.9 Å². The van der Waals surface area contributed by atoms with E-state index in [1.807, 2.05) is 6.92 Å². The van der Waals surface area contributed by atoms with Gasteiger partial charge in [-0.25, -0.2) is 9.78 Å². The van der Waals surface area contributed by atoms with Gasteiger partial charge >= 0.3 is 0 Å². The SMILES string of the molecule is C[C@H]1[C@@H](c2ccccc2)O[C@@H]2O[C@@]3(C)CC[C@H]4[C@H](C)CC[C@@H]1[C@@]24OO3. The summed E-state index contributed by atoms with van der Waals surface area (Å²) < 4.78 is 13.0. The third-order valence-electron chi connectivity index (χ3n) is 7.29. The fourth-order valence-electron chi connectivity index (χ4n) is 5.93. The summed E-state index contributed by atoms with van der Waals surface area (Å²) in [6, 6.07) is 10.6. The van der Waals surface area contributed by atoms with Crippen molar-refractivity contribution in [1.29, 1.82) is 0 Å². The Morgan fingerprint density at radius 1 is 0.960 bits per heavy atom. The first-order valence-corrected chi connectivity index (χ1v) is 9.78. The van der Waals surface area contributed by atoms with Gasteiger partial charge in [0.1, 0.15) is 0 Å². The van der Waals surface area contributed by atoms with Crippen molar-refractivity contribution < 1.29 is 19.2 Å². The number of fused-ring (bicyclic) bond motifs is 2. The molecule has 5 aliphatic rings. The molecule has 4 heterocycles. The van der Waals surface area contributed by atoms with Crippen LogP contribution in [-0.4, -0.2) is 17.7 Å². The number of hydrogen-bond acceptors (Lipinski definition) is 4. The number of rotatable bonds is 1. The summed E-state index contributed by atoms with van der Waals surface area (Å²) in [4.78, 5) is 12.1. The van der Waals surface area contributed by atoms with Gasteiger partial charge in [-0.2, -0.15) is 0 Å². The van der Waals surface area contributed by atoms with Gasteiger partial charge < -0.3 is 9.47 Å². The molecule has 0 N–H and O–H groups in total. The lowest BCUT2D eigenvalue weighted by molar-refractivity contribution is -0.571. The van der Waals surface area contributed by atoms with Gasteiger partial charge in [0, 0.05) is 12.3 Å². The zero-order valence-corrected chi connectivity index (χ0v) is 15.3. The second kappa shape index (κ2) is 5.53. The Hall–Kier alpha value is -0.940. The Morgan fingerprint density at radius 3 is 2.56 bits per heavy atom. The van der Waals surface area contributed by atoms with Crippen LogP contribution in [0.1, 0.15) is 58.1 Å². The lowest BCUT2D eigenvalue weighted by atomic mass is 9.57. The Morgan fingerprint density at radius 2 is 1.76 bits per heavy atom. The Labute approximate surface area is 149 Å². The molecule has 0 amide bonds. The van der Waals surface area contributed by atoms with Crippen LogP contribution in [0, 0.1) is 23.7 Å². The molecular formula is C21H28O4. The van der Waals surface area contributed by atoms with Gasteiger partial charge in [0.25, 0.3) is 0 Å². The van der Waals surface area contributed by atoms with Crippen LogP contribution < -0.4 is 0 Å². The largest absolute Gasteiger partial charge is 0.341 e. The minimum atomic E-state index is -0.695. The highest BCUT2D eigenvalue weighted by molar-refractivity contribution is 5.21. The van der Waals surface area contributed by atoms with E-state index in [0.29, 0.717) is 23.7 Å². The van der Waals surface area contributed by atoms with Gasteiger partial charge in [-0.3, -0.25) is 0 Å². The van der Waals surface area contributed by atoms with Crippen LogP contribution in [0.15, 0.2) is 30.3 Å². The zero-order chi connectivity index (χ0) is 17.2. The van der Waals surface area contributed by atoms with Crippen LogP contribution in [0.5, 0.6) is 0 Å². The van der Waals surface area contributed by atoms with Gasteiger partial charge in [-0.05, 0) is 49.5 Å². The molecule has 4 nitrogen and oxygen atoms in total. The molecule has 4 saturated heterocycles. The fraction of sp³-hybridized carbons (Fsp3) is 0.714. The summed E-state index contributed by atoms with van der Waals surface area (Å²) >= 11 is 0. The third-order valence-corrected chi connectivity index (χ3v) is 7.29. The van der Waals surface area contributed by atoms with Gasteiger partial charge in [-0.1, -0.05) is 44.2 Å². The van der Waals surface area contributed by atoms with Crippen LogP contribution in [0.4, 0.5) is 0 Å². The van der Waals surface area contributed by atoms with E-state index in [2.05, 4.69) is 44.2 Å². The van der Waals surface area contributed by atoms with Crippen molar-refractivity contribution in [3.63, 3.8) is 0 Å². The number of ether oxygens (including phenoxy) is 2. The molecular weight excluding hydrogens is 316 g/mol. The smallest absolute Gasteiger partial charge is 0.201 e. The van der Waals surface area contributed by atoms with Crippen LogP contribution in [-0.2, 0) is 19.2 Å². The first kappa shape index (κ1) is 16.2. The van der Waals surface area contributed by atoms with Gasteiger partial charge in [0.15, 0.2) is 11.9 Å². The molecule has 1 spiro atoms. The van der Waals surface area contributed by atoms with E-state index in [-0.39, 0.29) is 12.4 Å². The lowest BCUT2D eigenvalue weighted by Crippen LogP contribution is -2.69. The minimum Gasteiger partial charge on any atom is -0.341 e. The van der Waals surface area contributed by atoms with E-state index in [1.165, 1.54) is 12.0 Å². The van der Waals surface area contributed by atoms with Crippen LogP contribution in [0.3, 0.4) is 0 Å². The van der Waals surface area contributed by atoms with Crippen molar-refractivity contribution >= 4 is 0 Å². The molecule has 5 fully saturated rings. The van der Waals surface area contributed by atoms with Crippen molar-refractivity contribution in [1.82, 2.24) is 0 Å². The molecule has 4 aliphatic heterocycles. The second-order valence-electron chi connectivity index (χ2n) is 8.74. The predicted octanol–water partition coefficient (Wildman–Crippen LogP) is 4.61. The first-order valence-electron chi connectivity index (χ1n) is 9.78. The molecule has 6 rings (SSSR count).